The molecule has 8 heteroatoms. The Kier molecular flexibility index (Phi) is 3.19. The van der Waals surface area contributed by atoms with E-state index in [0.717, 1.165) is 4.90 Å². The van der Waals surface area contributed by atoms with E-state index >= 15 is 0 Å². The van der Waals surface area contributed by atoms with E-state index in [9.17, 15) is 18.7 Å². The second kappa shape index (κ2) is 4.35. The highest BCUT2D eigenvalue weighted by Crippen LogP contribution is 2.38. The van der Waals surface area contributed by atoms with E-state index in [-0.39, 0.29) is 6.54 Å². The Morgan fingerprint density at radius 1 is 1.59 bits per heavy atom. The van der Waals surface area contributed by atoms with Gasteiger partial charge in [0.15, 0.2) is 6.10 Å². The number of halogens is 2. The molecule has 0 aromatic rings. The molecule has 3 atom stereocenters. The van der Waals surface area contributed by atoms with Crippen molar-refractivity contribution in [3.63, 3.8) is 0 Å². The fraction of sp³-hybridized carbons (Fsp3) is 0.889. The van der Waals surface area contributed by atoms with Gasteiger partial charge in [0, 0.05) is 13.1 Å². The van der Waals surface area contributed by atoms with Gasteiger partial charge in [-0.25, -0.2) is 4.79 Å². The third-order valence-corrected chi connectivity index (χ3v) is 2.96. The van der Waals surface area contributed by atoms with Gasteiger partial charge in [0.25, 0.3) is 0 Å². The first-order valence-electron chi connectivity index (χ1n) is 5.35. The number of hydrogen-bond acceptors (Lipinski definition) is 4. The smallest absolute Gasteiger partial charge is 0.319 e. The molecule has 2 aliphatic rings. The molecule has 3 N–H and O–H groups in total. The molecule has 2 heterocycles. The van der Waals surface area contributed by atoms with Crippen molar-refractivity contribution in [2.75, 3.05) is 19.7 Å². The predicted molar refractivity (Wildman–Crippen MR) is 51.4 cm³/mol. The van der Waals surface area contributed by atoms with Crippen LogP contribution in [0, 0.1) is 0 Å². The maximum Gasteiger partial charge on any atom is 0.319 e. The monoisotopic (exact) mass is 252 g/mol. The summed E-state index contributed by atoms with van der Waals surface area (Å²) < 4.78 is 32.2. The molecule has 0 aromatic carbocycles. The molecule has 0 spiro atoms. The fourth-order valence-electron chi connectivity index (χ4n) is 2.02. The highest BCUT2D eigenvalue weighted by molar-refractivity contribution is 5.75. The van der Waals surface area contributed by atoms with Crippen molar-refractivity contribution in [1.29, 1.82) is 0 Å². The van der Waals surface area contributed by atoms with E-state index in [4.69, 9.17) is 9.84 Å². The molecule has 2 amide bonds. The Balaban J connectivity index is 2.17. The summed E-state index contributed by atoms with van der Waals surface area (Å²) in [5.41, 5.74) is 0. The van der Waals surface area contributed by atoms with Crippen molar-refractivity contribution >= 4 is 6.03 Å². The van der Waals surface area contributed by atoms with Gasteiger partial charge in [0.1, 0.15) is 6.10 Å². The maximum absolute atomic E-state index is 13.7. The number of ether oxygens (including phenoxy) is 1. The number of aliphatic hydroxyl groups is 2. The lowest BCUT2D eigenvalue weighted by Crippen LogP contribution is -2.57. The molecule has 2 fully saturated rings. The number of hydrogen-bond donors (Lipinski definition) is 3. The third-order valence-electron chi connectivity index (χ3n) is 2.96. The number of nitrogens with zero attached hydrogens (tertiary/aromatic N) is 1. The van der Waals surface area contributed by atoms with E-state index in [0.29, 0.717) is 13.0 Å². The Labute approximate surface area is 96.2 Å². The quantitative estimate of drug-likeness (QED) is 0.596. The fourth-order valence-corrected chi connectivity index (χ4v) is 2.02. The summed E-state index contributed by atoms with van der Waals surface area (Å²) in [6.07, 6.45) is -4.77. The predicted octanol–water partition coefficient (Wildman–Crippen LogP) is -0.885. The molecule has 0 aromatic heterocycles. The number of urea groups is 1. The van der Waals surface area contributed by atoms with Crippen LogP contribution in [-0.4, -0.2) is 65.2 Å². The van der Waals surface area contributed by atoms with E-state index in [1.54, 1.807) is 0 Å². The van der Waals surface area contributed by atoms with Gasteiger partial charge in [-0.2, -0.15) is 8.78 Å². The lowest BCUT2D eigenvalue weighted by Gasteiger charge is -2.34. The number of rotatable bonds is 2. The van der Waals surface area contributed by atoms with Crippen LogP contribution in [-0.2, 0) is 4.74 Å². The van der Waals surface area contributed by atoms with Gasteiger partial charge in [-0.3, -0.25) is 4.90 Å². The Morgan fingerprint density at radius 2 is 2.29 bits per heavy atom. The molecule has 0 aliphatic carbocycles. The highest BCUT2D eigenvalue weighted by Gasteiger charge is 2.61. The summed E-state index contributed by atoms with van der Waals surface area (Å²) in [6, 6.07) is -0.647. The summed E-state index contributed by atoms with van der Waals surface area (Å²) in [7, 11) is 0. The lowest BCUT2D eigenvalue weighted by atomic mass is 10.1. The van der Waals surface area contributed by atoms with Crippen molar-refractivity contribution < 1.29 is 28.5 Å². The van der Waals surface area contributed by atoms with Crippen molar-refractivity contribution in [1.82, 2.24) is 10.2 Å². The van der Waals surface area contributed by atoms with Crippen molar-refractivity contribution in [2.45, 2.75) is 30.8 Å². The van der Waals surface area contributed by atoms with E-state index in [1.807, 2.05) is 0 Å². The molecule has 17 heavy (non-hydrogen) atoms. The van der Waals surface area contributed by atoms with Crippen LogP contribution in [0.3, 0.4) is 0 Å². The van der Waals surface area contributed by atoms with Crippen LogP contribution in [0.25, 0.3) is 0 Å². The molecule has 0 radical (unpaired) electrons. The van der Waals surface area contributed by atoms with Crippen molar-refractivity contribution in [3.05, 3.63) is 0 Å². The van der Waals surface area contributed by atoms with E-state index in [2.05, 4.69) is 5.32 Å². The molecule has 0 saturated carbocycles. The van der Waals surface area contributed by atoms with Crippen LogP contribution >= 0.6 is 0 Å². The van der Waals surface area contributed by atoms with Gasteiger partial charge in [0.05, 0.1) is 6.61 Å². The minimum absolute atomic E-state index is 0.136. The summed E-state index contributed by atoms with van der Waals surface area (Å²) in [4.78, 5) is 12.3. The number of carbonyl (C=O) groups is 1. The lowest BCUT2D eigenvalue weighted by molar-refractivity contribution is -0.156. The Morgan fingerprint density at radius 3 is 2.82 bits per heavy atom. The molecule has 2 aliphatic heterocycles. The molecule has 98 valence electrons. The second-order valence-corrected chi connectivity index (χ2v) is 4.11. The van der Waals surface area contributed by atoms with Crippen LogP contribution in [0.5, 0.6) is 0 Å². The van der Waals surface area contributed by atoms with Gasteiger partial charge in [0.2, 0.25) is 6.23 Å². The zero-order chi connectivity index (χ0) is 12.6. The Hall–Kier alpha value is -0.990. The van der Waals surface area contributed by atoms with Crippen LogP contribution in [0.2, 0.25) is 0 Å². The van der Waals surface area contributed by atoms with Crippen LogP contribution in [0.15, 0.2) is 0 Å². The summed E-state index contributed by atoms with van der Waals surface area (Å²) in [5, 5.41) is 20.5. The molecule has 6 nitrogen and oxygen atoms in total. The van der Waals surface area contributed by atoms with Gasteiger partial charge in [-0.15, -0.1) is 0 Å². The number of alkyl halides is 2. The first-order valence-corrected chi connectivity index (χ1v) is 5.35. The van der Waals surface area contributed by atoms with Crippen LogP contribution in [0.1, 0.15) is 6.42 Å². The van der Waals surface area contributed by atoms with Gasteiger partial charge in [-0.1, -0.05) is 0 Å². The Bertz CT molecular complexity index is 315. The minimum atomic E-state index is -3.58. The summed E-state index contributed by atoms with van der Waals surface area (Å²) in [6.45, 7) is -0.153. The number of nitrogens with one attached hydrogen (secondary N) is 1. The SMILES string of the molecule is O=C1NCCCN1C1OC(CO)[C@@H](O)C1(F)F. The van der Waals surface area contributed by atoms with Gasteiger partial charge in [-0.05, 0) is 6.42 Å². The van der Waals surface area contributed by atoms with Gasteiger partial charge < -0.3 is 20.3 Å². The number of amides is 2. The molecule has 0 bridgehead atoms. The molecular weight excluding hydrogens is 238 g/mol. The first kappa shape index (κ1) is 12.5. The van der Waals surface area contributed by atoms with E-state index < -0.39 is 37.0 Å². The van der Waals surface area contributed by atoms with Crippen LogP contribution in [0.4, 0.5) is 13.6 Å². The van der Waals surface area contributed by atoms with Crippen molar-refractivity contribution in [3.8, 4) is 0 Å². The number of carbonyl (C=O) groups excluding carboxylic acids is 1. The average Bonchev–Trinajstić information content (AvgIpc) is 2.52. The number of aliphatic hydroxyl groups excluding tert-OH is 2. The van der Waals surface area contributed by atoms with Crippen molar-refractivity contribution in [2.24, 2.45) is 0 Å². The molecule has 2 saturated heterocycles. The normalized spacial score (nSPS) is 37.1. The zero-order valence-electron chi connectivity index (χ0n) is 8.97. The molecular formula is C9H14F2N2O4. The topological polar surface area (TPSA) is 82.0 Å². The summed E-state index contributed by atoms with van der Waals surface area (Å²) in [5.74, 6) is -3.58. The molecule has 2 rings (SSSR count). The molecule has 2 unspecified atom stereocenters. The minimum Gasteiger partial charge on any atom is -0.394 e. The highest BCUT2D eigenvalue weighted by atomic mass is 19.3. The maximum atomic E-state index is 13.7. The van der Waals surface area contributed by atoms with Gasteiger partial charge >= 0.3 is 12.0 Å². The largest absolute Gasteiger partial charge is 0.394 e. The summed E-state index contributed by atoms with van der Waals surface area (Å²) >= 11 is 0. The zero-order valence-corrected chi connectivity index (χ0v) is 8.97. The third kappa shape index (κ3) is 1.96. The first-order chi connectivity index (χ1) is 7.98. The standard InChI is InChI=1S/C9H14F2N2O4/c10-9(11)6(15)5(4-14)17-7(9)13-3-1-2-12-8(13)16/h5-7,14-15H,1-4H2,(H,12,16)/t5?,6-,7?/m1/s1. The van der Waals surface area contributed by atoms with Crippen LogP contribution < -0.4 is 5.32 Å². The van der Waals surface area contributed by atoms with E-state index in [1.165, 1.54) is 0 Å². The second-order valence-electron chi connectivity index (χ2n) is 4.11. The average molecular weight is 252 g/mol.